The number of nitrogens with zero attached hydrogens (tertiary/aromatic N) is 1. The topological polar surface area (TPSA) is 101 Å². The summed E-state index contributed by atoms with van der Waals surface area (Å²) in [7, 11) is -5.71. The lowest BCUT2D eigenvalue weighted by atomic mass is 10.1. The van der Waals surface area contributed by atoms with Crippen molar-refractivity contribution in [1.29, 1.82) is 0 Å². The first-order valence-electron chi connectivity index (χ1n) is 8.54. The Kier molecular flexibility index (Phi) is 5.88. The van der Waals surface area contributed by atoms with Crippen molar-refractivity contribution in [3.05, 3.63) is 58.9 Å². The highest BCUT2D eigenvalue weighted by atomic mass is 35.5. The molecular formula is C18H18ClFN2O5S2. The summed E-state index contributed by atoms with van der Waals surface area (Å²) in [6, 6.07) is 7.89. The lowest BCUT2D eigenvalue weighted by molar-refractivity contribution is 0.0747. The second-order valence-corrected chi connectivity index (χ2v) is 11.0. The van der Waals surface area contributed by atoms with E-state index in [0.29, 0.717) is 6.42 Å². The Balaban J connectivity index is 1.84. The number of anilines is 1. The molecule has 1 atom stereocenters. The van der Waals surface area contributed by atoms with E-state index in [4.69, 9.17) is 11.6 Å². The molecule has 1 amide bonds. The zero-order chi connectivity index (χ0) is 21.4. The van der Waals surface area contributed by atoms with Crippen molar-refractivity contribution >= 4 is 43.1 Å². The van der Waals surface area contributed by atoms with Crippen LogP contribution in [0.2, 0.25) is 5.02 Å². The maximum atomic E-state index is 13.0. The third-order valence-electron chi connectivity index (χ3n) is 4.66. The molecule has 156 valence electrons. The average molecular weight is 461 g/mol. The van der Waals surface area contributed by atoms with Crippen LogP contribution in [0, 0.1) is 5.82 Å². The average Bonchev–Trinajstić information content (AvgIpc) is 3.02. The first kappa shape index (κ1) is 21.5. The minimum Gasteiger partial charge on any atom is -0.338 e. The number of halogens is 2. The third kappa shape index (κ3) is 4.88. The number of carbonyl (C=O) groups is 1. The van der Waals surface area contributed by atoms with Crippen molar-refractivity contribution < 1.29 is 26.0 Å². The summed E-state index contributed by atoms with van der Waals surface area (Å²) >= 11 is 6.07. The van der Waals surface area contributed by atoms with Gasteiger partial charge in [0.05, 0.1) is 27.1 Å². The number of sulfonamides is 1. The lowest BCUT2D eigenvalue weighted by Crippen LogP contribution is -2.37. The molecule has 0 aromatic heterocycles. The largest absolute Gasteiger partial charge is 0.338 e. The smallest absolute Gasteiger partial charge is 0.261 e. The maximum Gasteiger partial charge on any atom is 0.261 e. The summed E-state index contributed by atoms with van der Waals surface area (Å²) in [5.74, 6) is -1.11. The van der Waals surface area contributed by atoms with Gasteiger partial charge in [0.25, 0.3) is 15.9 Å². The predicted molar refractivity (Wildman–Crippen MR) is 108 cm³/mol. The van der Waals surface area contributed by atoms with Crippen molar-refractivity contribution in [2.24, 2.45) is 0 Å². The molecule has 29 heavy (non-hydrogen) atoms. The van der Waals surface area contributed by atoms with Crippen molar-refractivity contribution in [2.45, 2.75) is 17.4 Å². The molecule has 11 heteroatoms. The van der Waals surface area contributed by atoms with Gasteiger partial charge in [0, 0.05) is 18.7 Å². The van der Waals surface area contributed by atoms with Crippen molar-refractivity contribution in [3.63, 3.8) is 0 Å². The number of nitrogens with one attached hydrogen (secondary N) is 1. The van der Waals surface area contributed by atoms with Gasteiger partial charge in [0.2, 0.25) is 0 Å². The molecule has 0 bridgehead atoms. The van der Waals surface area contributed by atoms with Crippen LogP contribution in [0.25, 0.3) is 0 Å². The fourth-order valence-electron chi connectivity index (χ4n) is 3.00. The lowest BCUT2D eigenvalue weighted by Gasteiger charge is -2.23. The first-order valence-corrected chi connectivity index (χ1v) is 12.2. The Morgan fingerprint density at radius 1 is 1.21 bits per heavy atom. The van der Waals surface area contributed by atoms with Gasteiger partial charge in [-0.2, -0.15) is 0 Å². The second kappa shape index (κ2) is 7.92. The van der Waals surface area contributed by atoms with Crippen molar-refractivity contribution in [2.75, 3.05) is 23.3 Å². The quantitative estimate of drug-likeness (QED) is 0.739. The van der Waals surface area contributed by atoms with Gasteiger partial charge in [0.1, 0.15) is 5.82 Å². The highest BCUT2D eigenvalue weighted by molar-refractivity contribution is 7.92. The summed E-state index contributed by atoms with van der Waals surface area (Å²) in [5, 5.41) is 0.0679. The van der Waals surface area contributed by atoms with Gasteiger partial charge in [-0.1, -0.05) is 11.6 Å². The first-order chi connectivity index (χ1) is 13.5. The number of amides is 1. The number of sulfone groups is 1. The van der Waals surface area contributed by atoms with E-state index < -0.39 is 37.6 Å². The molecule has 3 rings (SSSR count). The van der Waals surface area contributed by atoms with E-state index in [1.807, 2.05) is 0 Å². The molecule has 1 aliphatic heterocycles. The summed E-state index contributed by atoms with van der Waals surface area (Å²) in [6.45, 7) is 0. The van der Waals surface area contributed by atoms with Crippen LogP contribution >= 0.6 is 11.6 Å². The minimum absolute atomic E-state index is 0.0192. The molecule has 1 saturated heterocycles. The zero-order valence-electron chi connectivity index (χ0n) is 15.3. The van der Waals surface area contributed by atoms with Crippen LogP contribution < -0.4 is 4.72 Å². The molecule has 0 radical (unpaired) electrons. The second-order valence-electron chi connectivity index (χ2n) is 6.73. The van der Waals surface area contributed by atoms with Crippen molar-refractivity contribution in [3.8, 4) is 0 Å². The summed E-state index contributed by atoms with van der Waals surface area (Å²) < 4.78 is 63.7. The van der Waals surface area contributed by atoms with E-state index in [1.165, 1.54) is 30.1 Å². The number of hydrogen-bond acceptors (Lipinski definition) is 5. The third-order valence-corrected chi connectivity index (χ3v) is 8.12. The summed E-state index contributed by atoms with van der Waals surface area (Å²) in [5.41, 5.74) is 0.132. The van der Waals surface area contributed by atoms with Gasteiger partial charge in [-0.25, -0.2) is 21.2 Å². The molecule has 0 aliphatic carbocycles. The van der Waals surface area contributed by atoms with Crippen LogP contribution in [0.5, 0.6) is 0 Å². The predicted octanol–water partition coefficient (Wildman–Crippen LogP) is 2.54. The Bertz CT molecular complexity index is 1150. The standard InChI is InChI=1S/C18H18ClFN2O5S2/c1-22(14-8-9-28(24,25)11-14)18(23)12-2-7-16(19)17(10-12)21-29(26,27)15-5-3-13(20)4-6-15/h2-7,10,14,21H,8-9,11H2,1H3. The van der Waals surface area contributed by atoms with Crippen LogP contribution in [0.4, 0.5) is 10.1 Å². The zero-order valence-corrected chi connectivity index (χ0v) is 17.7. The van der Waals surface area contributed by atoms with Crippen LogP contribution in [0.15, 0.2) is 47.4 Å². The number of benzene rings is 2. The SMILES string of the molecule is CN(C(=O)c1ccc(Cl)c(NS(=O)(=O)c2ccc(F)cc2)c1)C1CCS(=O)(=O)C1. The van der Waals surface area contributed by atoms with Crippen molar-refractivity contribution in [1.82, 2.24) is 4.90 Å². The van der Waals surface area contributed by atoms with Gasteiger partial charge in [0.15, 0.2) is 9.84 Å². The van der Waals surface area contributed by atoms with Crippen LogP contribution in [-0.4, -0.2) is 52.2 Å². The molecule has 1 fully saturated rings. The van der Waals surface area contributed by atoms with E-state index in [-0.39, 0.29) is 32.7 Å². The Morgan fingerprint density at radius 2 is 1.86 bits per heavy atom. The fraction of sp³-hybridized carbons (Fsp3) is 0.278. The Hall–Kier alpha value is -2.17. The molecule has 1 N–H and O–H groups in total. The van der Waals surface area contributed by atoms with Gasteiger partial charge >= 0.3 is 0 Å². The molecule has 2 aromatic carbocycles. The molecule has 1 heterocycles. The maximum absolute atomic E-state index is 13.0. The monoisotopic (exact) mass is 460 g/mol. The molecule has 2 aromatic rings. The molecule has 1 unspecified atom stereocenters. The van der Waals surface area contributed by atoms with E-state index in [2.05, 4.69) is 4.72 Å². The highest BCUT2D eigenvalue weighted by Crippen LogP contribution is 2.27. The number of carbonyl (C=O) groups excluding carboxylic acids is 1. The number of hydrogen-bond donors (Lipinski definition) is 1. The van der Waals surface area contributed by atoms with Gasteiger partial charge in [-0.05, 0) is 48.9 Å². The van der Waals surface area contributed by atoms with E-state index in [9.17, 15) is 26.0 Å². The summed E-state index contributed by atoms with van der Waals surface area (Å²) in [4.78, 5) is 13.9. The van der Waals surface area contributed by atoms with Crippen LogP contribution in [0.1, 0.15) is 16.8 Å². The molecule has 0 saturated carbocycles. The molecule has 0 spiro atoms. The molecule has 7 nitrogen and oxygen atoms in total. The van der Waals surface area contributed by atoms with Gasteiger partial charge in [-0.15, -0.1) is 0 Å². The Labute approximate surface area is 173 Å². The normalized spacial score (nSPS) is 18.4. The van der Waals surface area contributed by atoms with Gasteiger partial charge in [-0.3, -0.25) is 9.52 Å². The molecule has 1 aliphatic rings. The molecular weight excluding hydrogens is 443 g/mol. The Morgan fingerprint density at radius 3 is 2.45 bits per heavy atom. The van der Waals surface area contributed by atoms with E-state index >= 15 is 0 Å². The van der Waals surface area contributed by atoms with Crippen LogP contribution in [-0.2, 0) is 19.9 Å². The number of rotatable bonds is 5. The van der Waals surface area contributed by atoms with Gasteiger partial charge < -0.3 is 4.90 Å². The summed E-state index contributed by atoms with van der Waals surface area (Å²) in [6.07, 6.45) is 0.349. The van der Waals surface area contributed by atoms with E-state index in [0.717, 1.165) is 24.3 Å². The fourth-order valence-corrected chi connectivity index (χ4v) is 6.07. The van der Waals surface area contributed by atoms with E-state index in [1.54, 1.807) is 0 Å². The highest BCUT2D eigenvalue weighted by Gasteiger charge is 2.33. The minimum atomic E-state index is -4.05. The van der Waals surface area contributed by atoms with Crippen LogP contribution in [0.3, 0.4) is 0 Å².